The quantitative estimate of drug-likeness (QED) is 0.391. The molecule has 8 nitrogen and oxygen atoms in total. The van der Waals surface area contributed by atoms with Crippen LogP contribution in [0.25, 0.3) is 0 Å². The number of fused-ring (bicyclic) bond motifs is 3. The van der Waals surface area contributed by atoms with Crippen LogP contribution in [0, 0.1) is 5.92 Å². The van der Waals surface area contributed by atoms with Gasteiger partial charge in [-0.3, -0.25) is 9.59 Å². The van der Waals surface area contributed by atoms with Crippen molar-refractivity contribution in [3.05, 3.63) is 95.1 Å². The van der Waals surface area contributed by atoms with Gasteiger partial charge in [0.1, 0.15) is 5.75 Å². The second kappa shape index (κ2) is 11.2. The molecule has 0 aliphatic carbocycles. The van der Waals surface area contributed by atoms with Gasteiger partial charge >= 0.3 is 0 Å². The molecule has 1 fully saturated rings. The minimum absolute atomic E-state index is 0.0116. The SMILES string of the molecule is COc1ccc2c(c1)[C@]1(O[C@@H](CC(=O)N3Cc4ccccc4C[C@H]3CO)[C@H]([Si](C)(C)O)[C@H]1C)C(=O)N2Cc1ccccc1. The van der Waals surface area contributed by atoms with Crippen LogP contribution in [-0.2, 0) is 39.4 Å². The van der Waals surface area contributed by atoms with Gasteiger partial charge in [0.05, 0.1) is 44.5 Å². The smallest absolute Gasteiger partial charge is 0.264 e. The zero-order valence-electron chi connectivity index (χ0n) is 25.2. The van der Waals surface area contributed by atoms with Gasteiger partial charge in [-0.1, -0.05) is 61.5 Å². The Morgan fingerprint density at radius 1 is 1.07 bits per heavy atom. The van der Waals surface area contributed by atoms with Crippen molar-refractivity contribution >= 4 is 25.8 Å². The standard InChI is InChI=1S/C34H40N2O6Si/c1-22-32(43(3,4)40)30(18-31(38)35-20-25-13-9-8-12-24(25)16-26(35)21-37)42-34(22)28-17-27(41-2)14-15-29(28)36(33(34)39)19-23-10-6-5-7-11-23/h5-15,17,22,26,30,32,37,40H,16,18-21H2,1-4H3/t22-,26+,30+,32-,34+/m1/s1. The Labute approximate surface area is 254 Å². The van der Waals surface area contributed by atoms with Crippen molar-refractivity contribution in [2.75, 3.05) is 18.6 Å². The molecule has 9 heteroatoms. The third-order valence-electron chi connectivity index (χ3n) is 9.64. The first-order valence-corrected chi connectivity index (χ1v) is 18.0. The molecule has 43 heavy (non-hydrogen) atoms. The Balaban J connectivity index is 1.37. The van der Waals surface area contributed by atoms with Crippen LogP contribution in [0.4, 0.5) is 5.69 Å². The second-order valence-corrected chi connectivity index (χ2v) is 16.6. The highest BCUT2D eigenvalue weighted by molar-refractivity contribution is 6.71. The molecule has 3 aliphatic heterocycles. The van der Waals surface area contributed by atoms with Crippen LogP contribution in [0.1, 0.15) is 35.6 Å². The predicted octanol–water partition coefficient (Wildman–Crippen LogP) is 4.38. The molecule has 2 N–H and O–H groups in total. The van der Waals surface area contributed by atoms with Gasteiger partial charge < -0.3 is 29.2 Å². The fourth-order valence-electron chi connectivity index (χ4n) is 7.64. The number of rotatable bonds is 7. The molecule has 1 spiro atoms. The molecule has 226 valence electrons. The zero-order valence-corrected chi connectivity index (χ0v) is 26.2. The number of nitrogens with zero attached hydrogens (tertiary/aromatic N) is 2. The van der Waals surface area contributed by atoms with Crippen molar-refractivity contribution in [2.24, 2.45) is 5.92 Å². The molecule has 3 heterocycles. The number of benzene rings is 3. The van der Waals surface area contributed by atoms with Gasteiger partial charge in [0.25, 0.3) is 5.91 Å². The maximum absolute atomic E-state index is 14.6. The van der Waals surface area contributed by atoms with Gasteiger partial charge in [0.2, 0.25) is 5.91 Å². The van der Waals surface area contributed by atoms with E-state index in [2.05, 4.69) is 0 Å². The summed E-state index contributed by atoms with van der Waals surface area (Å²) in [5.41, 5.74) is 2.89. The van der Waals surface area contributed by atoms with E-state index in [1.54, 1.807) is 16.9 Å². The Kier molecular flexibility index (Phi) is 7.70. The van der Waals surface area contributed by atoms with E-state index in [9.17, 15) is 19.5 Å². The summed E-state index contributed by atoms with van der Waals surface area (Å²) in [6, 6.07) is 23.1. The molecule has 3 aliphatic rings. The van der Waals surface area contributed by atoms with Gasteiger partial charge in [-0.25, -0.2) is 0 Å². The lowest BCUT2D eigenvalue weighted by molar-refractivity contribution is -0.151. The van der Waals surface area contributed by atoms with Gasteiger partial charge in [0, 0.05) is 23.6 Å². The van der Waals surface area contributed by atoms with E-state index < -0.39 is 25.9 Å². The predicted molar refractivity (Wildman–Crippen MR) is 166 cm³/mol. The minimum atomic E-state index is -2.96. The Bertz CT molecular complexity index is 1520. The van der Waals surface area contributed by atoms with Gasteiger partial charge in [-0.05, 0) is 54.4 Å². The Morgan fingerprint density at radius 3 is 2.44 bits per heavy atom. The summed E-state index contributed by atoms with van der Waals surface area (Å²) >= 11 is 0. The van der Waals surface area contributed by atoms with Crippen molar-refractivity contribution in [1.82, 2.24) is 4.90 Å². The highest BCUT2D eigenvalue weighted by atomic mass is 28.4. The van der Waals surface area contributed by atoms with Crippen LogP contribution in [-0.4, -0.2) is 60.8 Å². The molecule has 1 saturated heterocycles. The molecule has 0 unspecified atom stereocenters. The molecule has 0 bridgehead atoms. The number of amides is 2. The Morgan fingerprint density at radius 2 is 1.77 bits per heavy atom. The first-order valence-electron chi connectivity index (χ1n) is 15.0. The average Bonchev–Trinajstić information content (AvgIpc) is 3.42. The highest BCUT2D eigenvalue weighted by Crippen LogP contribution is 2.60. The molecule has 6 rings (SSSR count). The summed E-state index contributed by atoms with van der Waals surface area (Å²) in [4.78, 5) is 43.7. The van der Waals surface area contributed by atoms with Gasteiger partial charge in [0.15, 0.2) is 13.9 Å². The van der Waals surface area contributed by atoms with Crippen LogP contribution in [0.5, 0.6) is 5.75 Å². The summed E-state index contributed by atoms with van der Waals surface area (Å²) < 4.78 is 12.5. The Hall–Kier alpha value is -3.50. The van der Waals surface area contributed by atoms with E-state index in [1.807, 2.05) is 92.8 Å². The van der Waals surface area contributed by atoms with Crippen molar-refractivity contribution in [1.29, 1.82) is 0 Å². The third kappa shape index (κ3) is 4.98. The number of aliphatic hydroxyl groups excluding tert-OH is 1. The van der Waals surface area contributed by atoms with Gasteiger partial charge in [-0.15, -0.1) is 0 Å². The number of aliphatic hydroxyl groups is 1. The molecule has 5 atom stereocenters. The maximum Gasteiger partial charge on any atom is 0.264 e. The lowest BCUT2D eigenvalue weighted by Crippen LogP contribution is -2.48. The first-order chi connectivity index (χ1) is 20.6. The summed E-state index contributed by atoms with van der Waals surface area (Å²) in [6.07, 6.45) is -0.0866. The first kappa shape index (κ1) is 29.6. The highest BCUT2D eigenvalue weighted by Gasteiger charge is 2.66. The molecule has 3 aromatic rings. The largest absolute Gasteiger partial charge is 0.497 e. The second-order valence-electron chi connectivity index (χ2n) is 12.7. The van der Waals surface area contributed by atoms with E-state index >= 15 is 0 Å². The molecular formula is C34H40N2O6Si. The fourth-order valence-corrected chi connectivity index (χ4v) is 10.2. The van der Waals surface area contributed by atoms with E-state index in [0.29, 0.717) is 30.8 Å². The van der Waals surface area contributed by atoms with Gasteiger partial charge in [-0.2, -0.15) is 0 Å². The molecule has 3 aromatic carbocycles. The molecule has 2 amide bonds. The third-order valence-corrected chi connectivity index (χ3v) is 12.1. The maximum atomic E-state index is 14.6. The van der Waals surface area contributed by atoms with Crippen molar-refractivity contribution in [3.63, 3.8) is 0 Å². The number of hydrogen-bond donors (Lipinski definition) is 2. The lowest BCUT2D eigenvalue weighted by atomic mass is 9.82. The number of carbonyl (C=O) groups is 2. The summed E-state index contributed by atoms with van der Waals surface area (Å²) in [5.74, 6) is -0.126. The van der Waals surface area contributed by atoms with E-state index in [0.717, 1.165) is 22.4 Å². The summed E-state index contributed by atoms with van der Waals surface area (Å²) in [7, 11) is -1.37. The van der Waals surface area contributed by atoms with Crippen LogP contribution < -0.4 is 9.64 Å². The summed E-state index contributed by atoms with van der Waals surface area (Å²) in [5, 5.41) is 10.2. The van der Waals surface area contributed by atoms with Crippen LogP contribution in [0.3, 0.4) is 0 Å². The molecule has 0 saturated carbocycles. The van der Waals surface area contributed by atoms with Crippen LogP contribution in [0.2, 0.25) is 18.6 Å². The topological polar surface area (TPSA) is 99.5 Å². The van der Waals surface area contributed by atoms with Crippen LogP contribution >= 0.6 is 0 Å². The zero-order chi connectivity index (χ0) is 30.5. The van der Waals surface area contributed by atoms with E-state index in [4.69, 9.17) is 9.47 Å². The van der Waals surface area contributed by atoms with Crippen molar-refractivity contribution in [2.45, 2.75) is 69.2 Å². The van der Waals surface area contributed by atoms with Crippen LogP contribution in [0.15, 0.2) is 72.8 Å². The number of methoxy groups -OCH3 is 1. The monoisotopic (exact) mass is 600 g/mol. The summed E-state index contributed by atoms with van der Waals surface area (Å²) in [6.45, 7) is 6.32. The number of carbonyl (C=O) groups excluding carboxylic acids is 2. The molecule has 0 radical (unpaired) electrons. The molecule has 0 aromatic heterocycles. The number of hydrogen-bond acceptors (Lipinski definition) is 6. The number of ether oxygens (including phenoxy) is 2. The normalized spacial score (nSPS) is 26.5. The fraction of sp³-hybridized carbons (Fsp3) is 0.412. The number of anilines is 1. The lowest BCUT2D eigenvalue weighted by Gasteiger charge is -2.37. The van der Waals surface area contributed by atoms with E-state index in [-0.39, 0.29) is 36.4 Å². The van der Waals surface area contributed by atoms with Crippen molar-refractivity contribution < 1.29 is 29.0 Å². The van der Waals surface area contributed by atoms with E-state index in [1.165, 1.54) is 0 Å². The van der Waals surface area contributed by atoms with Crippen molar-refractivity contribution in [3.8, 4) is 5.75 Å². The molecular weight excluding hydrogens is 560 g/mol. The average molecular weight is 601 g/mol. The minimum Gasteiger partial charge on any atom is -0.497 e.